The third-order valence-corrected chi connectivity index (χ3v) is 5.61. The Morgan fingerprint density at radius 3 is 2.55 bits per heavy atom. The van der Waals surface area contributed by atoms with Crippen LogP contribution in [0.15, 0.2) is 47.5 Å². The second kappa shape index (κ2) is 12.1. The number of rotatable bonds is 8. The third-order valence-electron chi connectivity index (χ3n) is 5.61. The van der Waals surface area contributed by atoms with Crippen molar-refractivity contribution < 1.29 is 18.6 Å². The second-order valence-corrected chi connectivity index (χ2v) is 7.47. The van der Waals surface area contributed by atoms with Crippen molar-refractivity contribution in [2.75, 3.05) is 40.5 Å². The first-order valence-corrected chi connectivity index (χ1v) is 10.1. The summed E-state index contributed by atoms with van der Waals surface area (Å²) in [6.07, 6.45) is 2.34. The molecule has 3 N–H and O–H groups in total. The summed E-state index contributed by atoms with van der Waals surface area (Å²) in [5, 5.41) is 3.17. The van der Waals surface area contributed by atoms with E-state index in [9.17, 15) is 4.39 Å². The molecule has 1 saturated heterocycles. The molecular weight excluding hydrogens is 512 g/mol. The van der Waals surface area contributed by atoms with E-state index in [0.717, 1.165) is 30.4 Å². The summed E-state index contributed by atoms with van der Waals surface area (Å²) >= 11 is 0. The highest BCUT2D eigenvalue weighted by Gasteiger charge is 2.34. The van der Waals surface area contributed by atoms with Crippen molar-refractivity contribution >= 4 is 29.9 Å². The first-order valence-electron chi connectivity index (χ1n) is 10.1. The predicted molar refractivity (Wildman–Crippen MR) is 131 cm³/mol. The van der Waals surface area contributed by atoms with Crippen molar-refractivity contribution in [1.29, 1.82) is 0 Å². The Morgan fingerprint density at radius 2 is 1.87 bits per heavy atom. The van der Waals surface area contributed by atoms with Crippen LogP contribution in [0.3, 0.4) is 0 Å². The van der Waals surface area contributed by atoms with Crippen molar-refractivity contribution in [3.63, 3.8) is 0 Å². The molecule has 1 heterocycles. The highest BCUT2D eigenvalue weighted by atomic mass is 127. The van der Waals surface area contributed by atoms with Gasteiger partial charge in [-0.15, -0.1) is 24.0 Å². The molecular formula is C23H31FIN3O3. The number of guanidine groups is 1. The first-order chi connectivity index (χ1) is 14.6. The van der Waals surface area contributed by atoms with Gasteiger partial charge in [0.15, 0.2) is 17.5 Å². The van der Waals surface area contributed by atoms with Gasteiger partial charge in [-0.2, -0.15) is 0 Å². The Bertz CT molecular complexity index is 873. The lowest BCUT2D eigenvalue weighted by atomic mass is 9.74. The Hall–Kier alpha value is -2.07. The molecule has 0 spiro atoms. The standard InChI is InChI=1S/C23H30FN3O3.HI/c1-28-20-7-6-17(14-21(20)29-2)8-11-26-22(25)27-16-23(9-12-30-13-10-23)18-4-3-5-19(24)15-18;/h3-7,14-15H,8-13,16H2,1-2H3,(H3,25,26,27);1H. The van der Waals surface area contributed by atoms with Gasteiger partial charge in [-0.3, -0.25) is 4.99 Å². The summed E-state index contributed by atoms with van der Waals surface area (Å²) < 4.78 is 29.9. The van der Waals surface area contributed by atoms with Gasteiger partial charge < -0.3 is 25.3 Å². The van der Waals surface area contributed by atoms with Crippen LogP contribution in [0.5, 0.6) is 11.5 Å². The van der Waals surface area contributed by atoms with Crippen LogP contribution in [0.25, 0.3) is 0 Å². The normalized spacial score (nSPS) is 15.6. The number of methoxy groups -OCH3 is 2. The van der Waals surface area contributed by atoms with E-state index in [-0.39, 0.29) is 35.2 Å². The van der Waals surface area contributed by atoms with Crippen LogP contribution in [-0.4, -0.2) is 46.5 Å². The van der Waals surface area contributed by atoms with Gasteiger partial charge in [-0.1, -0.05) is 18.2 Å². The number of halogens is 2. The van der Waals surface area contributed by atoms with Gasteiger partial charge in [-0.05, 0) is 54.7 Å². The maximum Gasteiger partial charge on any atom is 0.188 e. The van der Waals surface area contributed by atoms with Gasteiger partial charge in [0, 0.05) is 25.2 Å². The molecule has 0 atom stereocenters. The molecule has 0 bridgehead atoms. The molecule has 3 rings (SSSR count). The number of nitrogens with two attached hydrogens (primary N) is 1. The Labute approximate surface area is 200 Å². The average molecular weight is 543 g/mol. The van der Waals surface area contributed by atoms with Crippen molar-refractivity contribution in [1.82, 2.24) is 5.32 Å². The molecule has 1 aliphatic rings. The monoisotopic (exact) mass is 543 g/mol. The molecule has 0 amide bonds. The topological polar surface area (TPSA) is 78.1 Å². The fourth-order valence-electron chi connectivity index (χ4n) is 3.78. The zero-order valence-corrected chi connectivity index (χ0v) is 20.4. The van der Waals surface area contributed by atoms with E-state index in [1.807, 2.05) is 24.3 Å². The molecule has 2 aromatic carbocycles. The maximum absolute atomic E-state index is 13.8. The molecule has 31 heavy (non-hydrogen) atoms. The van der Waals surface area contributed by atoms with Gasteiger partial charge >= 0.3 is 0 Å². The third kappa shape index (κ3) is 6.70. The summed E-state index contributed by atoms with van der Waals surface area (Å²) in [4.78, 5) is 4.58. The Morgan fingerprint density at radius 1 is 1.13 bits per heavy atom. The van der Waals surface area contributed by atoms with Gasteiger partial charge in [0.2, 0.25) is 0 Å². The van der Waals surface area contributed by atoms with Crippen molar-refractivity contribution in [3.8, 4) is 11.5 Å². The molecule has 1 aliphatic heterocycles. The number of hydrogen-bond acceptors (Lipinski definition) is 4. The molecule has 0 aromatic heterocycles. The van der Waals surface area contributed by atoms with Crippen molar-refractivity contribution in [2.24, 2.45) is 10.7 Å². The zero-order chi connectivity index (χ0) is 21.4. The molecule has 0 unspecified atom stereocenters. The van der Waals surface area contributed by atoms with E-state index in [1.165, 1.54) is 6.07 Å². The molecule has 8 heteroatoms. The lowest BCUT2D eigenvalue weighted by Crippen LogP contribution is -2.39. The van der Waals surface area contributed by atoms with Crippen LogP contribution < -0.4 is 20.5 Å². The van der Waals surface area contributed by atoms with E-state index < -0.39 is 0 Å². The van der Waals surface area contributed by atoms with E-state index in [1.54, 1.807) is 26.4 Å². The summed E-state index contributed by atoms with van der Waals surface area (Å²) in [6.45, 7) is 2.41. The minimum atomic E-state index is -0.254. The molecule has 0 aliphatic carbocycles. The molecule has 170 valence electrons. The van der Waals surface area contributed by atoms with Gasteiger partial charge in [0.1, 0.15) is 5.82 Å². The molecule has 0 saturated carbocycles. The van der Waals surface area contributed by atoms with Crippen LogP contribution in [-0.2, 0) is 16.6 Å². The van der Waals surface area contributed by atoms with E-state index in [2.05, 4.69) is 10.3 Å². The largest absolute Gasteiger partial charge is 0.493 e. The summed E-state index contributed by atoms with van der Waals surface area (Å²) in [5.41, 5.74) is 7.92. The quantitative estimate of drug-likeness (QED) is 0.302. The number of hydrogen-bond donors (Lipinski definition) is 2. The van der Waals surface area contributed by atoms with Crippen LogP contribution in [0.1, 0.15) is 24.0 Å². The average Bonchev–Trinajstić information content (AvgIpc) is 2.78. The summed E-state index contributed by atoms with van der Waals surface area (Å²) in [7, 11) is 3.24. The molecule has 6 nitrogen and oxygen atoms in total. The summed E-state index contributed by atoms with van der Waals surface area (Å²) in [5.74, 6) is 1.56. The molecule has 1 fully saturated rings. The maximum atomic E-state index is 13.8. The number of aliphatic imine (C=N–C) groups is 1. The van der Waals surface area contributed by atoms with Crippen molar-refractivity contribution in [2.45, 2.75) is 24.7 Å². The summed E-state index contributed by atoms with van der Waals surface area (Å²) in [6, 6.07) is 12.6. The molecule has 0 radical (unpaired) electrons. The number of nitrogens with zero attached hydrogens (tertiary/aromatic N) is 1. The Kier molecular flexibility index (Phi) is 9.83. The van der Waals surface area contributed by atoms with E-state index >= 15 is 0 Å². The number of benzene rings is 2. The number of nitrogens with one attached hydrogen (secondary N) is 1. The molecule has 2 aromatic rings. The second-order valence-electron chi connectivity index (χ2n) is 7.47. The SMILES string of the molecule is COc1ccc(CCNC(N)=NCC2(c3cccc(F)c3)CCOCC2)cc1OC.I. The lowest BCUT2D eigenvalue weighted by molar-refractivity contribution is 0.0530. The first kappa shape index (κ1) is 25.2. The fraction of sp³-hybridized carbons (Fsp3) is 0.435. The van der Waals surface area contributed by atoms with E-state index in [0.29, 0.717) is 43.8 Å². The van der Waals surface area contributed by atoms with Crippen molar-refractivity contribution in [3.05, 3.63) is 59.4 Å². The van der Waals surface area contributed by atoms with Gasteiger partial charge in [0.25, 0.3) is 0 Å². The van der Waals surface area contributed by atoms with E-state index in [4.69, 9.17) is 19.9 Å². The fourth-order valence-corrected chi connectivity index (χ4v) is 3.78. The van der Waals surface area contributed by atoms with Crippen LogP contribution in [0, 0.1) is 5.82 Å². The highest BCUT2D eigenvalue weighted by molar-refractivity contribution is 14.0. The van der Waals surface area contributed by atoms with Crippen LogP contribution in [0.4, 0.5) is 4.39 Å². The number of ether oxygens (including phenoxy) is 3. The van der Waals surface area contributed by atoms with Crippen LogP contribution >= 0.6 is 24.0 Å². The Balaban J connectivity index is 0.00000341. The van der Waals surface area contributed by atoms with Gasteiger partial charge in [-0.25, -0.2) is 4.39 Å². The minimum Gasteiger partial charge on any atom is -0.493 e. The predicted octanol–water partition coefficient (Wildman–Crippen LogP) is 3.66. The lowest BCUT2D eigenvalue weighted by Gasteiger charge is -2.36. The smallest absolute Gasteiger partial charge is 0.188 e. The minimum absolute atomic E-state index is 0. The zero-order valence-electron chi connectivity index (χ0n) is 18.0. The van der Waals surface area contributed by atoms with Crippen LogP contribution in [0.2, 0.25) is 0 Å². The highest BCUT2D eigenvalue weighted by Crippen LogP contribution is 2.35. The van der Waals surface area contributed by atoms with Gasteiger partial charge in [0.05, 0.1) is 20.8 Å².